The summed E-state index contributed by atoms with van der Waals surface area (Å²) in [4.78, 5) is 56.4. The maximum absolute atomic E-state index is 15.7. The van der Waals surface area contributed by atoms with Gasteiger partial charge in [0.25, 0.3) is 0 Å². The fraction of sp³-hybridized carbons (Fsp3) is 0.413. The number of fused-ring (bicyclic) bond motifs is 3. The number of piperidine rings is 2. The standard InChI is InChI=1S/C46H52F2N10O6S/c1-3-55(2)65(63,64)54-37-12-11-36(47)42(43(37)48)44(61)35-23-51-45-34(35)20-30(22-50-45)29-6-14-39(49-21-29)57-24-32-9-10-33(25-57)58(32)41(60)26-56-18-16-28(17-19-56)27-4-7-31(8-5-27)52-38-13-15-40(59)53-46(38)62/h4-8,11-12,14,20-23,28,32-33,38,41,52,54,60H,3,9-10,13,15-19,24-26H2,1-2H3,(H,50,51)(H,53,59,62)/t32-,33+,38?,41?. The fourth-order valence-electron chi connectivity index (χ4n) is 9.72. The van der Waals surface area contributed by atoms with Gasteiger partial charge in [0, 0.05) is 98.1 Å². The van der Waals surface area contributed by atoms with Crippen LogP contribution < -0.4 is 20.3 Å². The molecule has 19 heteroatoms. The van der Waals surface area contributed by atoms with Crippen LogP contribution in [0.1, 0.15) is 72.9 Å². The number of β-amino-alcohol motifs (C(OH)–C–C–N with tert-alkyl or cyclic N) is 1. The Morgan fingerprint density at radius 2 is 1.68 bits per heavy atom. The molecule has 5 N–H and O–H groups in total. The summed E-state index contributed by atoms with van der Waals surface area (Å²) in [5.74, 6) is -2.74. The summed E-state index contributed by atoms with van der Waals surface area (Å²) in [6.45, 7) is 5.53. The summed E-state index contributed by atoms with van der Waals surface area (Å²) >= 11 is 0. The van der Waals surface area contributed by atoms with Crippen molar-refractivity contribution in [2.24, 2.45) is 0 Å². The quantitative estimate of drug-likeness (QED) is 0.0755. The number of hydrogen-bond donors (Lipinski definition) is 5. The Morgan fingerprint density at radius 3 is 2.35 bits per heavy atom. The highest BCUT2D eigenvalue weighted by molar-refractivity contribution is 7.90. The molecule has 3 aromatic heterocycles. The number of nitrogens with one attached hydrogen (secondary N) is 4. The topological polar surface area (TPSA) is 196 Å². The van der Waals surface area contributed by atoms with Crippen molar-refractivity contribution in [3.8, 4) is 11.1 Å². The molecule has 4 atom stereocenters. The van der Waals surface area contributed by atoms with Crippen LogP contribution in [0.5, 0.6) is 0 Å². The summed E-state index contributed by atoms with van der Waals surface area (Å²) in [5.41, 5.74) is 2.31. The van der Waals surface area contributed by atoms with Gasteiger partial charge in [0.2, 0.25) is 17.6 Å². The minimum absolute atomic E-state index is 0.0346. The van der Waals surface area contributed by atoms with Crippen LogP contribution in [-0.2, 0) is 19.8 Å². The van der Waals surface area contributed by atoms with E-state index in [-0.39, 0.29) is 36.0 Å². The Bertz CT molecular complexity index is 2700. The smallest absolute Gasteiger partial charge is 0.301 e. The molecule has 9 rings (SSSR count). The molecule has 4 aliphatic rings. The van der Waals surface area contributed by atoms with Crippen molar-refractivity contribution >= 4 is 56.0 Å². The largest absolute Gasteiger partial charge is 0.377 e. The first-order valence-corrected chi connectivity index (χ1v) is 23.5. The number of amides is 2. The summed E-state index contributed by atoms with van der Waals surface area (Å²) in [6, 6.07) is 15.5. The van der Waals surface area contributed by atoms with E-state index in [0.717, 1.165) is 85.4 Å². The molecule has 2 bridgehead atoms. The van der Waals surface area contributed by atoms with Crippen molar-refractivity contribution in [3.63, 3.8) is 0 Å². The number of carbonyl (C=O) groups is 3. The molecule has 5 aromatic rings. The van der Waals surface area contributed by atoms with Gasteiger partial charge < -0.3 is 20.3 Å². The number of aliphatic hydroxyl groups is 1. The Balaban J connectivity index is 0.801. The molecule has 342 valence electrons. The number of ketones is 1. The zero-order valence-corrected chi connectivity index (χ0v) is 37.0. The lowest BCUT2D eigenvalue weighted by molar-refractivity contribution is -0.133. The van der Waals surface area contributed by atoms with E-state index < -0.39 is 51.1 Å². The van der Waals surface area contributed by atoms with Crippen molar-refractivity contribution in [1.82, 2.24) is 34.4 Å². The highest BCUT2D eigenvalue weighted by Crippen LogP contribution is 2.36. The van der Waals surface area contributed by atoms with E-state index in [1.807, 2.05) is 24.3 Å². The van der Waals surface area contributed by atoms with Gasteiger partial charge in [0.05, 0.1) is 11.3 Å². The van der Waals surface area contributed by atoms with E-state index in [2.05, 4.69) is 52.2 Å². The van der Waals surface area contributed by atoms with Gasteiger partial charge in [0.15, 0.2) is 5.82 Å². The zero-order valence-electron chi connectivity index (χ0n) is 36.1. The molecule has 0 saturated carbocycles. The van der Waals surface area contributed by atoms with Crippen molar-refractivity contribution in [3.05, 3.63) is 102 Å². The molecule has 2 aromatic carbocycles. The SMILES string of the molecule is CCN(C)S(=O)(=O)Nc1ccc(F)c(C(=O)c2c[nH]c3ncc(-c4ccc(N5C[C@H]6CC[C@@H](C5)N6C(O)CN5CCC(c6ccc(NC7CCC(=O)NC7=O)cc6)CC5)nc4)cc23)c1F. The number of aromatic amines is 1. The molecule has 2 amide bonds. The van der Waals surface area contributed by atoms with E-state index in [1.165, 1.54) is 18.8 Å². The van der Waals surface area contributed by atoms with E-state index >= 15 is 8.78 Å². The minimum Gasteiger partial charge on any atom is -0.377 e. The van der Waals surface area contributed by atoms with Crippen LogP contribution in [0.4, 0.5) is 26.0 Å². The number of benzene rings is 2. The number of nitrogens with zero attached hydrogens (tertiary/aromatic N) is 6. The summed E-state index contributed by atoms with van der Waals surface area (Å²) < 4.78 is 59.0. The predicted octanol–water partition coefficient (Wildman–Crippen LogP) is 4.81. The van der Waals surface area contributed by atoms with Gasteiger partial charge in [-0.2, -0.15) is 12.7 Å². The van der Waals surface area contributed by atoms with Crippen LogP contribution in [0.3, 0.4) is 0 Å². The molecule has 0 radical (unpaired) electrons. The molecule has 4 saturated heterocycles. The number of likely N-dealkylation sites (tertiary alicyclic amines) is 1. The van der Waals surface area contributed by atoms with E-state index in [0.29, 0.717) is 41.9 Å². The first-order valence-electron chi connectivity index (χ1n) is 22.1. The number of carbonyl (C=O) groups excluding carboxylic acids is 3. The number of pyridine rings is 2. The van der Waals surface area contributed by atoms with Crippen LogP contribution in [0.2, 0.25) is 0 Å². The van der Waals surface area contributed by atoms with E-state index in [1.54, 1.807) is 25.4 Å². The maximum Gasteiger partial charge on any atom is 0.301 e. The van der Waals surface area contributed by atoms with Crippen LogP contribution in [-0.4, -0.2) is 131 Å². The number of piperazine rings is 1. The van der Waals surface area contributed by atoms with Crippen molar-refractivity contribution in [2.45, 2.75) is 75.7 Å². The first kappa shape index (κ1) is 44.3. The Morgan fingerprint density at radius 1 is 0.954 bits per heavy atom. The molecule has 0 aliphatic carbocycles. The number of hydrogen-bond acceptors (Lipinski definition) is 12. The Hall–Kier alpha value is -5.86. The highest BCUT2D eigenvalue weighted by Gasteiger charge is 2.44. The zero-order chi connectivity index (χ0) is 45.6. The number of H-pyrrole nitrogens is 1. The number of aromatic nitrogens is 3. The molecule has 7 heterocycles. The summed E-state index contributed by atoms with van der Waals surface area (Å²) in [6.07, 6.45) is 8.86. The lowest BCUT2D eigenvalue weighted by Crippen LogP contribution is -2.59. The average molecular weight is 911 g/mol. The number of aliphatic hydroxyl groups excluding tert-OH is 1. The van der Waals surface area contributed by atoms with Gasteiger partial charge in [-0.05, 0) is 99.1 Å². The lowest BCUT2D eigenvalue weighted by Gasteiger charge is -2.45. The van der Waals surface area contributed by atoms with Gasteiger partial charge in [-0.25, -0.2) is 18.7 Å². The second-order valence-corrected chi connectivity index (χ2v) is 19.2. The van der Waals surface area contributed by atoms with Crippen molar-refractivity contribution in [1.29, 1.82) is 0 Å². The summed E-state index contributed by atoms with van der Waals surface area (Å²) in [7, 11) is -2.84. The minimum atomic E-state index is -4.15. The van der Waals surface area contributed by atoms with Gasteiger partial charge in [-0.3, -0.25) is 34.2 Å². The van der Waals surface area contributed by atoms with Crippen molar-refractivity contribution in [2.75, 3.05) is 61.3 Å². The highest BCUT2D eigenvalue weighted by atomic mass is 32.2. The van der Waals surface area contributed by atoms with Gasteiger partial charge in [-0.15, -0.1) is 0 Å². The van der Waals surface area contributed by atoms with Crippen molar-refractivity contribution < 1.29 is 36.7 Å². The van der Waals surface area contributed by atoms with Gasteiger partial charge in [0.1, 0.15) is 29.6 Å². The van der Waals surface area contributed by atoms with Crippen LogP contribution in [0, 0.1) is 11.6 Å². The molecule has 2 unspecified atom stereocenters. The van der Waals surface area contributed by atoms with Gasteiger partial charge >= 0.3 is 10.2 Å². The molecule has 65 heavy (non-hydrogen) atoms. The Kier molecular flexibility index (Phi) is 12.4. The molecule has 0 spiro atoms. The van der Waals surface area contributed by atoms with Gasteiger partial charge in [-0.1, -0.05) is 19.1 Å². The molecular weight excluding hydrogens is 859 g/mol. The number of imide groups is 1. The average Bonchev–Trinajstić information content (AvgIpc) is 3.85. The Labute approximate surface area is 375 Å². The number of anilines is 3. The maximum atomic E-state index is 15.7. The second kappa shape index (κ2) is 18.2. The number of halogens is 2. The second-order valence-electron chi connectivity index (χ2n) is 17.4. The van der Waals surface area contributed by atoms with Crippen LogP contribution in [0.15, 0.2) is 73.2 Å². The normalized spacial score (nSPS) is 21.5. The predicted molar refractivity (Wildman–Crippen MR) is 241 cm³/mol. The van der Waals surface area contributed by atoms with E-state index in [9.17, 15) is 27.9 Å². The van der Waals surface area contributed by atoms with Crippen LogP contribution in [0.25, 0.3) is 22.2 Å². The third-order valence-corrected chi connectivity index (χ3v) is 15.0. The molecule has 4 aliphatic heterocycles. The molecular formula is C46H52F2N10O6S. The molecule has 16 nitrogen and oxygen atoms in total. The summed E-state index contributed by atoms with van der Waals surface area (Å²) in [5, 5.41) is 17.6. The fourth-order valence-corrected chi connectivity index (χ4v) is 10.7. The monoisotopic (exact) mass is 910 g/mol. The lowest BCUT2D eigenvalue weighted by atomic mass is 9.89. The van der Waals surface area contributed by atoms with Crippen LogP contribution >= 0.6 is 0 Å². The third-order valence-electron chi connectivity index (χ3n) is 13.4. The third kappa shape index (κ3) is 9.07. The first-order chi connectivity index (χ1) is 31.3. The number of rotatable bonds is 14. The van der Waals surface area contributed by atoms with E-state index in [4.69, 9.17) is 4.98 Å². The molecule has 4 fully saturated rings.